The lowest BCUT2D eigenvalue weighted by molar-refractivity contribution is 0.259. The molecule has 3 N–H and O–H groups in total. The van der Waals surface area contributed by atoms with Gasteiger partial charge in [-0.2, -0.15) is 0 Å². The molecule has 2 rings (SSSR count). The topological polar surface area (TPSA) is 77.2 Å². The van der Waals surface area contributed by atoms with Gasteiger partial charge in [0.2, 0.25) is 0 Å². The van der Waals surface area contributed by atoms with E-state index in [1.807, 2.05) is 13.8 Å². The molecule has 0 saturated heterocycles. The largest absolute Gasteiger partial charge is 0.487 e. The van der Waals surface area contributed by atoms with Gasteiger partial charge in [0.1, 0.15) is 24.0 Å². The van der Waals surface area contributed by atoms with Crippen molar-refractivity contribution in [3.8, 4) is 5.75 Å². The summed E-state index contributed by atoms with van der Waals surface area (Å²) < 4.78 is 31.9. The van der Waals surface area contributed by atoms with Crippen molar-refractivity contribution in [3.63, 3.8) is 0 Å². The van der Waals surface area contributed by atoms with Crippen LogP contribution in [0, 0.1) is 11.6 Å². The molecule has 0 unspecified atom stereocenters. The van der Waals surface area contributed by atoms with Crippen LogP contribution in [-0.2, 0) is 6.61 Å². The molecule has 1 aromatic heterocycles. The van der Waals surface area contributed by atoms with Crippen molar-refractivity contribution in [2.24, 2.45) is 5.73 Å². The van der Waals surface area contributed by atoms with Gasteiger partial charge in [-0.3, -0.25) is 4.98 Å². The highest BCUT2D eigenvalue weighted by Crippen LogP contribution is 2.25. The Morgan fingerprint density at radius 3 is 2.38 bits per heavy atom. The number of ether oxygens (including phenoxy) is 1. The van der Waals surface area contributed by atoms with E-state index in [9.17, 15) is 13.6 Å². The number of pyridine rings is 1. The molecule has 2 aromatic rings. The van der Waals surface area contributed by atoms with Gasteiger partial charge in [-0.1, -0.05) is 45.7 Å². The molecular formula is C18H24ClF2N3O2. The van der Waals surface area contributed by atoms with Crippen LogP contribution in [0.3, 0.4) is 0 Å². The third-order valence-electron chi connectivity index (χ3n) is 2.47. The minimum Gasteiger partial charge on any atom is -0.487 e. The Morgan fingerprint density at radius 1 is 1.23 bits per heavy atom. The maximum Gasteiger partial charge on any atom is 0.316 e. The second kappa shape index (κ2) is 12.9. The van der Waals surface area contributed by atoms with Crippen LogP contribution in [0.5, 0.6) is 5.75 Å². The van der Waals surface area contributed by atoms with E-state index in [4.69, 9.17) is 22.1 Å². The molecule has 0 aliphatic rings. The lowest BCUT2D eigenvalue weighted by Gasteiger charge is -2.10. The van der Waals surface area contributed by atoms with Gasteiger partial charge in [0.15, 0.2) is 0 Å². The van der Waals surface area contributed by atoms with Gasteiger partial charge in [-0.05, 0) is 12.1 Å². The first-order valence-corrected chi connectivity index (χ1v) is 8.52. The van der Waals surface area contributed by atoms with Crippen molar-refractivity contribution in [3.05, 3.63) is 52.8 Å². The minimum absolute atomic E-state index is 0.0856. The SMILES string of the molecule is CC.CCC.NC(=O)Nc1cc(Cl)c(COc2cncc(F)c2)cc1F. The number of halogens is 3. The molecule has 0 spiro atoms. The summed E-state index contributed by atoms with van der Waals surface area (Å²) in [4.78, 5) is 14.3. The zero-order valence-electron chi connectivity index (χ0n) is 15.3. The summed E-state index contributed by atoms with van der Waals surface area (Å²) >= 11 is 5.95. The third-order valence-corrected chi connectivity index (χ3v) is 2.82. The maximum atomic E-state index is 13.7. The Labute approximate surface area is 157 Å². The van der Waals surface area contributed by atoms with Crippen molar-refractivity contribution < 1.29 is 18.3 Å². The van der Waals surface area contributed by atoms with Crippen molar-refractivity contribution in [2.45, 2.75) is 40.7 Å². The van der Waals surface area contributed by atoms with E-state index in [1.165, 1.54) is 18.7 Å². The summed E-state index contributed by atoms with van der Waals surface area (Å²) in [6, 6.07) is 2.55. The van der Waals surface area contributed by atoms with Crippen LogP contribution in [0.1, 0.15) is 39.7 Å². The molecule has 0 bridgehead atoms. The quantitative estimate of drug-likeness (QED) is 0.724. The average Bonchev–Trinajstić information content (AvgIpc) is 2.59. The predicted molar refractivity (Wildman–Crippen MR) is 100 cm³/mol. The van der Waals surface area contributed by atoms with Gasteiger partial charge in [0.25, 0.3) is 0 Å². The molecule has 0 radical (unpaired) electrons. The summed E-state index contributed by atoms with van der Waals surface area (Å²) in [5, 5.41) is 2.27. The van der Waals surface area contributed by atoms with Crippen molar-refractivity contribution >= 4 is 23.3 Å². The first-order valence-electron chi connectivity index (χ1n) is 8.15. The molecule has 144 valence electrons. The fraction of sp³-hybridized carbons (Fsp3) is 0.333. The van der Waals surface area contributed by atoms with Crippen molar-refractivity contribution in [1.82, 2.24) is 4.98 Å². The summed E-state index contributed by atoms with van der Waals surface area (Å²) in [6.45, 7) is 8.16. The van der Waals surface area contributed by atoms with E-state index in [1.54, 1.807) is 0 Å². The van der Waals surface area contributed by atoms with Crippen LogP contribution >= 0.6 is 11.6 Å². The Kier molecular flexibility index (Phi) is 11.7. The van der Waals surface area contributed by atoms with Gasteiger partial charge in [-0.15, -0.1) is 0 Å². The summed E-state index contributed by atoms with van der Waals surface area (Å²) in [6.07, 6.45) is 3.60. The number of primary amides is 1. The minimum atomic E-state index is -0.903. The number of anilines is 1. The lowest BCUT2D eigenvalue weighted by Crippen LogP contribution is -2.20. The van der Waals surface area contributed by atoms with Crippen molar-refractivity contribution in [1.29, 1.82) is 0 Å². The van der Waals surface area contributed by atoms with E-state index in [0.29, 0.717) is 5.56 Å². The number of aromatic nitrogens is 1. The number of carbonyl (C=O) groups excluding carboxylic acids is 1. The highest BCUT2D eigenvalue weighted by atomic mass is 35.5. The molecule has 2 amide bonds. The van der Waals surface area contributed by atoms with Gasteiger partial charge in [-0.25, -0.2) is 13.6 Å². The highest BCUT2D eigenvalue weighted by Gasteiger charge is 2.11. The monoisotopic (exact) mass is 387 g/mol. The van der Waals surface area contributed by atoms with E-state index >= 15 is 0 Å². The smallest absolute Gasteiger partial charge is 0.316 e. The summed E-state index contributed by atoms with van der Waals surface area (Å²) in [5.74, 6) is -1.08. The normalized spacial score (nSPS) is 9.19. The molecule has 5 nitrogen and oxygen atoms in total. The summed E-state index contributed by atoms with van der Waals surface area (Å²) in [5.41, 5.74) is 5.10. The van der Waals surface area contributed by atoms with Crippen LogP contribution in [0.4, 0.5) is 19.3 Å². The number of amides is 2. The molecule has 8 heteroatoms. The zero-order chi connectivity index (χ0) is 20.1. The van der Waals surface area contributed by atoms with Crippen LogP contribution in [0.25, 0.3) is 0 Å². The molecule has 0 aliphatic heterocycles. The predicted octanol–water partition coefficient (Wildman–Crippen LogP) is 5.53. The molecular weight excluding hydrogens is 364 g/mol. The zero-order valence-corrected chi connectivity index (χ0v) is 16.0. The van der Waals surface area contributed by atoms with Gasteiger partial charge >= 0.3 is 6.03 Å². The molecule has 0 saturated carbocycles. The average molecular weight is 388 g/mol. The van der Waals surface area contributed by atoms with Crippen LogP contribution in [0.2, 0.25) is 5.02 Å². The highest BCUT2D eigenvalue weighted by molar-refractivity contribution is 6.31. The maximum absolute atomic E-state index is 13.7. The molecule has 0 fully saturated rings. The van der Waals surface area contributed by atoms with Gasteiger partial charge in [0.05, 0.1) is 18.1 Å². The van der Waals surface area contributed by atoms with E-state index in [0.717, 1.165) is 18.3 Å². The Bertz CT molecular complexity index is 700. The number of urea groups is 1. The Morgan fingerprint density at radius 2 is 1.85 bits per heavy atom. The number of nitrogens with two attached hydrogens (primary N) is 1. The molecule has 1 heterocycles. The van der Waals surface area contributed by atoms with Crippen LogP contribution in [-0.4, -0.2) is 11.0 Å². The molecule has 0 aliphatic carbocycles. The first-order chi connectivity index (χ1) is 12.4. The van der Waals surface area contributed by atoms with Crippen LogP contribution < -0.4 is 15.8 Å². The van der Waals surface area contributed by atoms with Crippen molar-refractivity contribution in [2.75, 3.05) is 5.32 Å². The summed E-state index contributed by atoms with van der Waals surface area (Å²) in [7, 11) is 0. The number of nitrogens with one attached hydrogen (secondary N) is 1. The lowest BCUT2D eigenvalue weighted by atomic mass is 10.2. The number of hydrogen-bond donors (Lipinski definition) is 2. The number of hydrogen-bond acceptors (Lipinski definition) is 3. The van der Waals surface area contributed by atoms with E-state index < -0.39 is 17.7 Å². The fourth-order valence-corrected chi connectivity index (χ4v) is 1.78. The van der Waals surface area contributed by atoms with Crippen LogP contribution in [0.15, 0.2) is 30.6 Å². The fourth-order valence-electron chi connectivity index (χ4n) is 1.56. The van der Waals surface area contributed by atoms with Gasteiger partial charge in [0, 0.05) is 16.7 Å². The first kappa shape index (κ1) is 23.6. The molecule has 1 aromatic carbocycles. The number of rotatable bonds is 4. The Balaban J connectivity index is 0.00000113. The second-order valence-electron chi connectivity index (χ2n) is 4.75. The van der Waals surface area contributed by atoms with Gasteiger partial charge < -0.3 is 15.8 Å². The number of carbonyl (C=O) groups is 1. The standard InChI is InChI=1S/C13H10ClF2N3O2.C3H8.C2H6/c14-10-3-12(19-13(17)20)11(16)1-7(10)6-21-9-2-8(15)4-18-5-9;1-3-2;1-2/h1-5H,6H2,(H3,17,19,20);3H2,1-2H3;1-2H3. The Hall–Kier alpha value is -2.41. The molecule has 0 atom stereocenters. The number of benzene rings is 1. The number of nitrogens with zero attached hydrogens (tertiary/aromatic N) is 1. The third kappa shape index (κ3) is 8.62. The van der Waals surface area contributed by atoms with E-state index in [2.05, 4.69) is 24.1 Å². The second-order valence-corrected chi connectivity index (χ2v) is 5.15. The molecule has 26 heavy (non-hydrogen) atoms. The van der Waals surface area contributed by atoms with E-state index in [-0.39, 0.29) is 23.1 Å².